The van der Waals surface area contributed by atoms with Gasteiger partial charge in [0.25, 0.3) is 0 Å². The Morgan fingerprint density at radius 3 is 2.32 bits per heavy atom. The first kappa shape index (κ1) is 16.3. The Kier molecular flexibility index (Phi) is 3.87. The zero-order valence-electron chi connectivity index (χ0n) is 12.8. The summed E-state index contributed by atoms with van der Waals surface area (Å²) in [4.78, 5) is 3.80. The molecule has 4 nitrogen and oxygen atoms in total. The lowest BCUT2D eigenvalue weighted by Crippen LogP contribution is -2.16. The number of halogens is 4. The Morgan fingerprint density at radius 1 is 1.04 bits per heavy atom. The zero-order valence-corrected chi connectivity index (χ0v) is 14.4. The van der Waals surface area contributed by atoms with Crippen LogP contribution in [0.5, 0.6) is 11.5 Å². The van der Waals surface area contributed by atoms with Gasteiger partial charge in [0.05, 0.1) is 11.0 Å². The van der Waals surface area contributed by atoms with Crippen molar-refractivity contribution >= 4 is 27.0 Å². The van der Waals surface area contributed by atoms with Gasteiger partial charge in [-0.25, -0.2) is 4.98 Å². The number of imidazole rings is 1. The summed E-state index contributed by atoms with van der Waals surface area (Å²) in [5, 5.41) is 0. The van der Waals surface area contributed by atoms with Gasteiger partial charge in [0.15, 0.2) is 11.5 Å². The van der Waals surface area contributed by atoms with Crippen molar-refractivity contribution in [3.63, 3.8) is 0 Å². The monoisotopic (exact) mass is 412 g/mol. The smallest absolute Gasteiger partial charge is 0.449 e. The highest BCUT2D eigenvalue weighted by molar-refractivity contribution is 9.10. The fourth-order valence-corrected chi connectivity index (χ4v) is 3.07. The number of benzene rings is 2. The van der Waals surface area contributed by atoms with Crippen molar-refractivity contribution in [1.29, 1.82) is 0 Å². The SMILES string of the molecule is FC(F)(F)c1nc2cc3c(cc2n1Cc1ccc(Br)cc1)OCCO3. The first-order chi connectivity index (χ1) is 11.9. The van der Waals surface area contributed by atoms with Gasteiger partial charge in [0.2, 0.25) is 5.82 Å². The molecule has 130 valence electrons. The van der Waals surface area contributed by atoms with Crippen LogP contribution in [-0.2, 0) is 12.7 Å². The highest BCUT2D eigenvalue weighted by atomic mass is 79.9. The van der Waals surface area contributed by atoms with E-state index in [0.717, 1.165) is 14.6 Å². The van der Waals surface area contributed by atoms with E-state index in [0.29, 0.717) is 30.2 Å². The Hall–Kier alpha value is -2.22. The largest absolute Gasteiger partial charge is 0.486 e. The van der Waals surface area contributed by atoms with Crippen LogP contribution in [0.2, 0.25) is 0 Å². The lowest BCUT2D eigenvalue weighted by Gasteiger charge is -2.18. The van der Waals surface area contributed by atoms with Crippen LogP contribution in [0.25, 0.3) is 11.0 Å². The molecule has 0 N–H and O–H groups in total. The summed E-state index contributed by atoms with van der Waals surface area (Å²) in [5.41, 5.74) is 1.33. The average Bonchev–Trinajstić information content (AvgIpc) is 2.93. The van der Waals surface area contributed by atoms with Crippen LogP contribution >= 0.6 is 15.9 Å². The van der Waals surface area contributed by atoms with Gasteiger partial charge in [0.1, 0.15) is 13.2 Å². The predicted molar refractivity (Wildman–Crippen MR) is 89.0 cm³/mol. The highest BCUT2D eigenvalue weighted by Crippen LogP contribution is 2.38. The minimum atomic E-state index is -4.56. The maximum absolute atomic E-state index is 13.5. The van der Waals surface area contributed by atoms with Gasteiger partial charge in [-0.3, -0.25) is 0 Å². The van der Waals surface area contributed by atoms with E-state index < -0.39 is 12.0 Å². The van der Waals surface area contributed by atoms with E-state index in [9.17, 15) is 13.2 Å². The van der Waals surface area contributed by atoms with E-state index in [-0.39, 0.29) is 12.1 Å². The van der Waals surface area contributed by atoms with Crippen molar-refractivity contribution in [1.82, 2.24) is 9.55 Å². The summed E-state index contributed by atoms with van der Waals surface area (Å²) in [6.07, 6.45) is -4.56. The molecule has 1 aromatic heterocycles. The highest BCUT2D eigenvalue weighted by Gasteiger charge is 2.38. The standard InChI is InChI=1S/C17H12BrF3N2O2/c18-11-3-1-10(2-4-11)9-23-13-8-15-14(24-5-6-25-15)7-12(13)22-16(23)17(19,20)21/h1-4,7-8H,5-6,9H2. The van der Waals surface area contributed by atoms with Gasteiger partial charge in [-0.05, 0) is 17.7 Å². The molecule has 1 aliphatic heterocycles. The van der Waals surface area contributed by atoms with E-state index in [1.807, 2.05) is 0 Å². The number of rotatable bonds is 2. The summed E-state index contributed by atoms with van der Waals surface area (Å²) in [5.74, 6) is -0.0852. The number of ether oxygens (including phenoxy) is 2. The molecule has 0 atom stereocenters. The third-order valence-electron chi connectivity index (χ3n) is 3.92. The van der Waals surface area contributed by atoms with E-state index >= 15 is 0 Å². The predicted octanol–water partition coefficient (Wildman–Crippen LogP) is 4.64. The second-order valence-corrected chi connectivity index (χ2v) is 6.55. The molecule has 0 spiro atoms. The Labute approximate surface area is 149 Å². The molecule has 0 saturated carbocycles. The number of aromatic nitrogens is 2. The molecule has 0 aliphatic carbocycles. The maximum Gasteiger partial charge on any atom is 0.449 e. The van der Waals surface area contributed by atoms with Crippen LogP contribution in [0.4, 0.5) is 13.2 Å². The van der Waals surface area contributed by atoms with E-state index in [4.69, 9.17) is 9.47 Å². The molecule has 4 rings (SSSR count). The number of alkyl halides is 3. The minimum absolute atomic E-state index is 0.0538. The Bertz CT molecular complexity index is 936. The van der Waals surface area contributed by atoms with Gasteiger partial charge in [-0.15, -0.1) is 0 Å². The molecule has 0 unspecified atom stereocenters. The molecule has 0 fully saturated rings. The first-order valence-electron chi connectivity index (χ1n) is 7.53. The van der Waals surface area contributed by atoms with Crippen LogP contribution in [0.15, 0.2) is 40.9 Å². The normalized spacial score (nSPS) is 14.1. The van der Waals surface area contributed by atoms with Gasteiger partial charge in [0, 0.05) is 23.2 Å². The van der Waals surface area contributed by atoms with Crippen LogP contribution in [0, 0.1) is 0 Å². The summed E-state index contributed by atoms with van der Waals surface area (Å²) >= 11 is 3.32. The van der Waals surface area contributed by atoms with Crippen molar-refractivity contribution in [2.45, 2.75) is 12.7 Å². The van der Waals surface area contributed by atoms with Crippen molar-refractivity contribution in [2.24, 2.45) is 0 Å². The zero-order chi connectivity index (χ0) is 17.6. The van der Waals surface area contributed by atoms with Crippen molar-refractivity contribution < 1.29 is 22.6 Å². The molecule has 1 aliphatic rings. The summed E-state index contributed by atoms with van der Waals surface area (Å²) in [6.45, 7) is 0.786. The molecule has 2 aromatic carbocycles. The Morgan fingerprint density at radius 2 is 1.68 bits per heavy atom. The summed E-state index contributed by atoms with van der Waals surface area (Å²) < 4.78 is 53.4. The van der Waals surface area contributed by atoms with E-state index in [1.165, 1.54) is 6.07 Å². The van der Waals surface area contributed by atoms with Crippen molar-refractivity contribution in [2.75, 3.05) is 13.2 Å². The minimum Gasteiger partial charge on any atom is -0.486 e. The van der Waals surface area contributed by atoms with E-state index in [2.05, 4.69) is 20.9 Å². The molecule has 2 heterocycles. The molecule has 25 heavy (non-hydrogen) atoms. The summed E-state index contributed by atoms with van der Waals surface area (Å²) in [7, 11) is 0. The third kappa shape index (κ3) is 3.06. The molecule has 0 saturated heterocycles. The number of hydrogen-bond donors (Lipinski definition) is 0. The van der Waals surface area contributed by atoms with Crippen LogP contribution in [0.1, 0.15) is 11.4 Å². The topological polar surface area (TPSA) is 36.3 Å². The molecular formula is C17H12BrF3N2O2. The van der Waals surface area contributed by atoms with Crippen molar-refractivity contribution in [3.05, 3.63) is 52.3 Å². The Balaban J connectivity index is 1.88. The maximum atomic E-state index is 13.5. The second-order valence-electron chi connectivity index (χ2n) is 5.63. The fourth-order valence-electron chi connectivity index (χ4n) is 2.81. The molecular weight excluding hydrogens is 401 g/mol. The number of hydrogen-bond acceptors (Lipinski definition) is 3. The number of fused-ring (bicyclic) bond motifs is 2. The first-order valence-corrected chi connectivity index (χ1v) is 8.32. The molecule has 3 aromatic rings. The van der Waals surface area contributed by atoms with Gasteiger partial charge in [-0.2, -0.15) is 13.2 Å². The quantitative estimate of drug-likeness (QED) is 0.615. The second kappa shape index (κ2) is 5.94. The molecule has 0 amide bonds. The molecule has 0 radical (unpaired) electrons. The molecule has 8 heteroatoms. The third-order valence-corrected chi connectivity index (χ3v) is 4.45. The fraction of sp³-hybridized carbons (Fsp3) is 0.235. The number of nitrogens with zero attached hydrogens (tertiary/aromatic N) is 2. The lowest BCUT2D eigenvalue weighted by atomic mass is 10.2. The van der Waals surface area contributed by atoms with E-state index in [1.54, 1.807) is 30.3 Å². The van der Waals surface area contributed by atoms with Crippen LogP contribution in [0.3, 0.4) is 0 Å². The van der Waals surface area contributed by atoms with Crippen LogP contribution in [-0.4, -0.2) is 22.8 Å². The molecule has 0 bridgehead atoms. The van der Waals surface area contributed by atoms with Gasteiger partial charge < -0.3 is 14.0 Å². The van der Waals surface area contributed by atoms with Crippen molar-refractivity contribution in [3.8, 4) is 11.5 Å². The average molecular weight is 413 g/mol. The summed E-state index contributed by atoms with van der Waals surface area (Å²) in [6, 6.07) is 10.2. The lowest BCUT2D eigenvalue weighted by molar-refractivity contribution is -0.146. The van der Waals surface area contributed by atoms with Crippen LogP contribution < -0.4 is 9.47 Å². The van der Waals surface area contributed by atoms with Gasteiger partial charge >= 0.3 is 6.18 Å². The van der Waals surface area contributed by atoms with Gasteiger partial charge in [-0.1, -0.05) is 28.1 Å².